The van der Waals surface area contributed by atoms with Gasteiger partial charge in [0.1, 0.15) is 5.82 Å². The molecule has 1 amide bonds. The van der Waals surface area contributed by atoms with E-state index in [2.05, 4.69) is 10.6 Å². The van der Waals surface area contributed by atoms with E-state index in [0.717, 1.165) is 17.8 Å². The smallest absolute Gasteiger partial charge is 0.325 e. The number of benzene rings is 2. The maximum Gasteiger partial charge on any atom is 0.416 e. The summed E-state index contributed by atoms with van der Waals surface area (Å²) in [6, 6.07) is 9.60. The largest absolute Gasteiger partial charge is 0.416 e. The Labute approximate surface area is 205 Å². The lowest BCUT2D eigenvalue weighted by atomic mass is 9.90. The Morgan fingerprint density at radius 2 is 1.89 bits per heavy atom. The Kier molecular flexibility index (Phi) is 6.68. The first-order valence-corrected chi connectivity index (χ1v) is 11.5. The number of rotatable bonds is 4. The number of aromatic nitrogens is 2. The van der Waals surface area contributed by atoms with Gasteiger partial charge >= 0.3 is 6.18 Å². The quantitative estimate of drug-likeness (QED) is 0.408. The van der Waals surface area contributed by atoms with Gasteiger partial charge in [-0.15, -0.1) is 0 Å². The number of nitrogens with zero attached hydrogens (tertiary/aromatic N) is 2. The Bertz CT molecular complexity index is 1230. The Morgan fingerprint density at radius 1 is 1.14 bits per heavy atom. The second kappa shape index (κ2) is 9.28. The van der Waals surface area contributed by atoms with E-state index in [0.29, 0.717) is 12.0 Å². The summed E-state index contributed by atoms with van der Waals surface area (Å²) in [6.45, 7) is 6.02. The van der Waals surface area contributed by atoms with Gasteiger partial charge < -0.3 is 5.32 Å². The number of carbonyl (C=O) groups excluding carboxylic acids is 1. The topological polar surface area (TPSA) is 59.0 Å². The molecular formula is C25H25ClF4N4O. The number of halogens is 5. The molecule has 5 nitrogen and oxygen atoms in total. The molecule has 3 atom stereocenters. The highest BCUT2D eigenvalue weighted by Gasteiger charge is 2.41. The third-order valence-corrected chi connectivity index (χ3v) is 6.33. The van der Waals surface area contributed by atoms with Gasteiger partial charge in [-0.3, -0.25) is 14.8 Å². The monoisotopic (exact) mass is 508 g/mol. The zero-order valence-electron chi connectivity index (χ0n) is 19.3. The fourth-order valence-corrected chi connectivity index (χ4v) is 4.33. The van der Waals surface area contributed by atoms with E-state index < -0.39 is 35.5 Å². The molecule has 1 aromatic heterocycles. The maximum atomic E-state index is 14.2. The van der Waals surface area contributed by atoms with Gasteiger partial charge in [-0.25, -0.2) is 4.39 Å². The molecule has 1 unspecified atom stereocenters. The predicted molar refractivity (Wildman–Crippen MR) is 126 cm³/mol. The van der Waals surface area contributed by atoms with Crippen LogP contribution < -0.4 is 10.6 Å². The highest BCUT2D eigenvalue weighted by Crippen LogP contribution is 2.41. The van der Waals surface area contributed by atoms with Crippen molar-refractivity contribution < 1.29 is 22.4 Å². The number of hydrogen-bond donors (Lipinski definition) is 2. The average molecular weight is 509 g/mol. The summed E-state index contributed by atoms with van der Waals surface area (Å²) in [5.74, 6) is -1.35. The van der Waals surface area contributed by atoms with Crippen molar-refractivity contribution >= 4 is 23.2 Å². The van der Waals surface area contributed by atoms with Crippen LogP contribution in [0.2, 0.25) is 5.02 Å². The Hall–Kier alpha value is -2.91. The van der Waals surface area contributed by atoms with Crippen LogP contribution in [-0.2, 0) is 16.5 Å². The van der Waals surface area contributed by atoms with Crippen LogP contribution >= 0.6 is 11.6 Å². The third-order valence-electron chi connectivity index (χ3n) is 6.03. The molecule has 2 heterocycles. The second-order valence-corrected chi connectivity index (χ2v) is 10.0. The zero-order valence-corrected chi connectivity index (χ0v) is 20.1. The van der Waals surface area contributed by atoms with E-state index in [4.69, 9.17) is 16.7 Å². The minimum atomic E-state index is -4.52. The van der Waals surface area contributed by atoms with Crippen LogP contribution in [0.15, 0.2) is 54.7 Å². The molecule has 4 rings (SSSR count). The van der Waals surface area contributed by atoms with Gasteiger partial charge in [-0.05, 0) is 69.2 Å². The minimum absolute atomic E-state index is 0.0147. The van der Waals surface area contributed by atoms with Crippen LogP contribution in [0.3, 0.4) is 0 Å². The fraction of sp³-hybridized carbons (Fsp3) is 0.360. The molecule has 0 radical (unpaired) electrons. The first-order valence-electron chi connectivity index (χ1n) is 11.1. The summed E-state index contributed by atoms with van der Waals surface area (Å²) in [7, 11) is 0. The van der Waals surface area contributed by atoms with Crippen molar-refractivity contribution in [1.29, 1.82) is 0 Å². The summed E-state index contributed by atoms with van der Waals surface area (Å²) in [6.07, 6.45) is -2.35. The number of amides is 1. The molecule has 2 aromatic carbocycles. The van der Waals surface area contributed by atoms with Gasteiger partial charge in [0.15, 0.2) is 0 Å². The zero-order chi connectivity index (χ0) is 25.5. The number of hydrogen-bond acceptors (Lipinski definition) is 3. The van der Waals surface area contributed by atoms with Crippen LogP contribution in [0, 0.1) is 5.82 Å². The highest BCUT2D eigenvalue weighted by atomic mass is 35.5. The first-order chi connectivity index (χ1) is 16.3. The van der Waals surface area contributed by atoms with Crippen molar-refractivity contribution in [2.75, 3.05) is 5.32 Å². The molecule has 3 aromatic rings. The van der Waals surface area contributed by atoms with E-state index in [9.17, 15) is 22.4 Å². The van der Waals surface area contributed by atoms with Crippen molar-refractivity contribution in [1.82, 2.24) is 15.1 Å². The standard InChI is InChI=1S/C25H25ClF4N4O/c1-24(2,3)34-10-9-20(33-34)17-13-21(32-22(17)14-7-8-18(26)19(27)11-14)23(35)31-16-6-4-5-15(12-16)25(28,29)30/h4-12,17,21-22,32H,13H2,1-3H3,(H,31,35)/t17?,21-,22-/m0/s1. The van der Waals surface area contributed by atoms with E-state index >= 15 is 0 Å². The molecule has 1 aliphatic rings. The van der Waals surface area contributed by atoms with Gasteiger partial charge in [-0.2, -0.15) is 18.3 Å². The number of anilines is 1. The van der Waals surface area contributed by atoms with E-state index in [1.807, 2.05) is 37.7 Å². The van der Waals surface area contributed by atoms with Crippen molar-refractivity contribution in [3.05, 3.63) is 82.4 Å². The Balaban J connectivity index is 1.61. The summed E-state index contributed by atoms with van der Waals surface area (Å²) in [4.78, 5) is 13.0. The molecule has 35 heavy (non-hydrogen) atoms. The van der Waals surface area contributed by atoms with Crippen LogP contribution in [0.5, 0.6) is 0 Å². The second-order valence-electron chi connectivity index (χ2n) is 9.64. The first kappa shape index (κ1) is 25.2. The summed E-state index contributed by atoms with van der Waals surface area (Å²) in [5.41, 5.74) is 0.251. The molecule has 1 fully saturated rings. The van der Waals surface area contributed by atoms with Crippen LogP contribution in [0.4, 0.5) is 23.2 Å². The van der Waals surface area contributed by atoms with Crippen LogP contribution in [0.1, 0.15) is 56.0 Å². The van der Waals surface area contributed by atoms with Gasteiger partial charge in [0.05, 0.1) is 27.9 Å². The van der Waals surface area contributed by atoms with E-state index in [1.165, 1.54) is 24.3 Å². The molecule has 10 heteroatoms. The lowest BCUT2D eigenvalue weighted by molar-refractivity contribution is -0.137. The van der Waals surface area contributed by atoms with Crippen molar-refractivity contribution in [3.63, 3.8) is 0 Å². The molecule has 0 saturated carbocycles. The predicted octanol–water partition coefficient (Wildman–Crippen LogP) is 6.27. The highest BCUT2D eigenvalue weighted by molar-refractivity contribution is 6.30. The van der Waals surface area contributed by atoms with Gasteiger partial charge in [-0.1, -0.05) is 23.7 Å². The lowest BCUT2D eigenvalue weighted by Crippen LogP contribution is -2.36. The normalized spacial score (nSPS) is 20.7. The molecule has 0 aliphatic carbocycles. The van der Waals surface area contributed by atoms with Gasteiger partial charge in [0.25, 0.3) is 0 Å². The molecular weight excluding hydrogens is 484 g/mol. The molecule has 0 spiro atoms. The van der Waals surface area contributed by atoms with E-state index in [1.54, 1.807) is 6.07 Å². The van der Waals surface area contributed by atoms with Crippen molar-refractivity contribution in [3.8, 4) is 0 Å². The summed E-state index contributed by atoms with van der Waals surface area (Å²) >= 11 is 5.85. The Morgan fingerprint density at radius 3 is 2.51 bits per heavy atom. The van der Waals surface area contributed by atoms with Crippen molar-refractivity contribution in [2.45, 2.75) is 56.9 Å². The molecule has 1 aliphatic heterocycles. The molecule has 2 N–H and O–H groups in total. The number of carbonyl (C=O) groups is 1. The average Bonchev–Trinajstić information content (AvgIpc) is 3.42. The molecule has 186 valence electrons. The van der Waals surface area contributed by atoms with Gasteiger partial charge in [0, 0.05) is 23.8 Å². The number of alkyl halides is 3. The molecule has 0 bridgehead atoms. The fourth-order valence-electron chi connectivity index (χ4n) is 4.21. The minimum Gasteiger partial charge on any atom is -0.325 e. The molecule has 1 saturated heterocycles. The third kappa shape index (κ3) is 5.51. The summed E-state index contributed by atoms with van der Waals surface area (Å²) < 4.78 is 55.2. The van der Waals surface area contributed by atoms with Crippen LogP contribution in [-0.4, -0.2) is 21.7 Å². The SMILES string of the molecule is CC(C)(C)n1ccc(C2C[C@@H](C(=O)Nc3cccc(C(F)(F)F)c3)N[C@H]2c2ccc(Cl)c(F)c2)n1. The van der Waals surface area contributed by atoms with Crippen molar-refractivity contribution in [2.24, 2.45) is 0 Å². The van der Waals surface area contributed by atoms with Gasteiger partial charge in [0.2, 0.25) is 5.91 Å². The number of nitrogens with one attached hydrogen (secondary N) is 2. The van der Waals surface area contributed by atoms with E-state index in [-0.39, 0.29) is 22.2 Å². The summed E-state index contributed by atoms with van der Waals surface area (Å²) in [5, 5.41) is 10.5. The maximum absolute atomic E-state index is 14.2. The lowest BCUT2D eigenvalue weighted by Gasteiger charge is -2.21. The van der Waals surface area contributed by atoms with Crippen LogP contribution in [0.25, 0.3) is 0 Å².